The molecule has 0 bridgehead atoms. The first-order valence-corrected chi connectivity index (χ1v) is 9.56. The Labute approximate surface area is 154 Å². The second-order valence-corrected chi connectivity index (χ2v) is 8.09. The first-order valence-electron chi connectivity index (χ1n) is 6.54. The molecule has 0 radical (unpaired) electrons. The minimum absolute atomic E-state index is 0.0426. The van der Waals surface area contributed by atoms with Crippen molar-refractivity contribution >= 4 is 56.2 Å². The average molecular weight is 409 g/mol. The van der Waals surface area contributed by atoms with E-state index in [2.05, 4.69) is 5.32 Å². The van der Waals surface area contributed by atoms with E-state index in [9.17, 15) is 13.2 Å². The molecule has 0 aromatic heterocycles. The lowest BCUT2D eigenvalue weighted by atomic mass is 10.3. The summed E-state index contributed by atoms with van der Waals surface area (Å²) in [6, 6.07) is 8.64. The highest BCUT2D eigenvalue weighted by Crippen LogP contribution is 2.28. The van der Waals surface area contributed by atoms with Gasteiger partial charge in [-0.1, -0.05) is 34.8 Å². The van der Waals surface area contributed by atoms with Crippen LogP contribution >= 0.6 is 34.8 Å². The fraction of sp³-hybridized carbons (Fsp3) is 0.133. The van der Waals surface area contributed by atoms with Crippen LogP contribution in [-0.2, 0) is 14.6 Å². The molecule has 9 heteroatoms. The summed E-state index contributed by atoms with van der Waals surface area (Å²) in [4.78, 5) is 12.0. The zero-order valence-corrected chi connectivity index (χ0v) is 15.4. The third-order valence-corrected chi connectivity index (χ3v) is 4.88. The first kappa shape index (κ1) is 18.9. The van der Waals surface area contributed by atoms with E-state index in [0.717, 1.165) is 6.26 Å². The highest BCUT2D eigenvalue weighted by Gasteiger charge is 2.13. The molecule has 128 valence electrons. The summed E-state index contributed by atoms with van der Waals surface area (Å²) >= 11 is 17.7. The van der Waals surface area contributed by atoms with Gasteiger partial charge < -0.3 is 10.1 Å². The van der Waals surface area contributed by atoms with Gasteiger partial charge in [-0.25, -0.2) is 8.42 Å². The molecule has 0 aliphatic rings. The van der Waals surface area contributed by atoms with Gasteiger partial charge in [0.2, 0.25) is 0 Å². The molecule has 2 rings (SSSR count). The van der Waals surface area contributed by atoms with Crippen molar-refractivity contribution in [2.24, 2.45) is 0 Å². The fourth-order valence-electron chi connectivity index (χ4n) is 1.75. The van der Waals surface area contributed by atoms with Gasteiger partial charge in [0, 0.05) is 17.3 Å². The lowest BCUT2D eigenvalue weighted by Crippen LogP contribution is -2.20. The second-order valence-electron chi connectivity index (χ2n) is 4.83. The number of benzene rings is 2. The maximum Gasteiger partial charge on any atom is 0.262 e. The van der Waals surface area contributed by atoms with Crippen LogP contribution in [-0.4, -0.2) is 27.2 Å². The number of carbonyl (C=O) groups excluding carboxylic acids is 1. The molecule has 0 aliphatic carbocycles. The van der Waals surface area contributed by atoms with Crippen LogP contribution in [0.15, 0.2) is 41.3 Å². The molecule has 0 spiro atoms. The number of anilines is 1. The highest BCUT2D eigenvalue weighted by molar-refractivity contribution is 7.90. The third kappa shape index (κ3) is 5.01. The number of halogens is 3. The van der Waals surface area contributed by atoms with Gasteiger partial charge in [-0.15, -0.1) is 0 Å². The molecule has 0 saturated carbocycles. The van der Waals surface area contributed by atoms with Gasteiger partial charge in [0.1, 0.15) is 5.75 Å². The Balaban J connectivity index is 2.09. The van der Waals surface area contributed by atoms with Crippen molar-refractivity contribution in [1.82, 2.24) is 0 Å². The van der Waals surface area contributed by atoms with Crippen molar-refractivity contribution in [1.29, 1.82) is 0 Å². The minimum Gasteiger partial charge on any atom is -0.482 e. The average Bonchev–Trinajstić information content (AvgIpc) is 2.49. The Hall–Kier alpha value is -1.47. The number of hydrogen-bond donors (Lipinski definition) is 1. The van der Waals surface area contributed by atoms with E-state index in [-0.39, 0.29) is 28.0 Å². The molecule has 0 fully saturated rings. The van der Waals surface area contributed by atoms with Crippen molar-refractivity contribution in [2.75, 3.05) is 18.2 Å². The van der Waals surface area contributed by atoms with E-state index in [0.29, 0.717) is 10.0 Å². The number of hydrogen-bond acceptors (Lipinski definition) is 4. The zero-order chi connectivity index (χ0) is 17.9. The number of ether oxygens (including phenoxy) is 1. The maximum atomic E-state index is 12.0. The molecule has 24 heavy (non-hydrogen) atoms. The predicted molar refractivity (Wildman–Crippen MR) is 95.1 cm³/mol. The number of sulfone groups is 1. The van der Waals surface area contributed by atoms with Gasteiger partial charge in [-0.05, 0) is 30.3 Å². The minimum atomic E-state index is -3.42. The third-order valence-electron chi connectivity index (χ3n) is 2.89. The van der Waals surface area contributed by atoms with Crippen LogP contribution in [0.25, 0.3) is 0 Å². The number of amides is 1. The first-order chi connectivity index (χ1) is 11.2. The highest BCUT2D eigenvalue weighted by atomic mass is 35.5. The van der Waals surface area contributed by atoms with Crippen LogP contribution in [0.1, 0.15) is 0 Å². The van der Waals surface area contributed by atoms with E-state index in [1.54, 1.807) is 12.1 Å². The summed E-state index contributed by atoms with van der Waals surface area (Å²) in [7, 11) is -3.42. The van der Waals surface area contributed by atoms with Gasteiger partial charge in [-0.3, -0.25) is 4.79 Å². The molecule has 5 nitrogen and oxygen atoms in total. The van der Waals surface area contributed by atoms with Crippen molar-refractivity contribution < 1.29 is 17.9 Å². The largest absolute Gasteiger partial charge is 0.482 e. The molecule has 0 aliphatic heterocycles. The normalized spacial score (nSPS) is 11.2. The van der Waals surface area contributed by atoms with Gasteiger partial charge in [0.25, 0.3) is 5.91 Å². The van der Waals surface area contributed by atoms with Crippen molar-refractivity contribution in [3.05, 3.63) is 51.5 Å². The Morgan fingerprint density at radius 3 is 2.42 bits per heavy atom. The van der Waals surface area contributed by atoms with Gasteiger partial charge in [-0.2, -0.15) is 0 Å². The lowest BCUT2D eigenvalue weighted by Gasteiger charge is -2.11. The van der Waals surface area contributed by atoms with Crippen LogP contribution < -0.4 is 10.1 Å². The molecule has 2 aromatic rings. The van der Waals surface area contributed by atoms with E-state index >= 15 is 0 Å². The summed E-state index contributed by atoms with van der Waals surface area (Å²) in [6.07, 6.45) is 1.06. The molecule has 0 heterocycles. The molecule has 0 saturated heterocycles. The Kier molecular flexibility index (Phi) is 5.98. The van der Waals surface area contributed by atoms with Gasteiger partial charge in [0.15, 0.2) is 16.4 Å². The summed E-state index contributed by atoms with van der Waals surface area (Å²) < 4.78 is 28.4. The van der Waals surface area contributed by atoms with Crippen LogP contribution in [0.2, 0.25) is 15.1 Å². The molecular weight excluding hydrogens is 397 g/mol. The second kappa shape index (κ2) is 7.61. The monoisotopic (exact) mass is 407 g/mol. The smallest absolute Gasteiger partial charge is 0.262 e. The van der Waals surface area contributed by atoms with Crippen LogP contribution in [0.5, 0.6) is 5.75 Å². The molecule has 1 amide bonds. The standard InChI is InChI=1S/C15H12Cl3NO4S/c1-24(21,22)10-3-5-11(17)13(7-10)19-15(20)8-23-14-6-9(16)2-4-12(14)18/h2-7H,8H2,1H3,(H,19,20). The van der Waals surface area contributed by atoms with Crippen LogP contribution in [0.3, 0.4) is 0 Å². The molecular formula is C15H12Cl3NO4S. The number of carbonyl (C=O) groups is 1. The Morgan fingerprint density at radius 2 is 1.75 bits per heavy atom. The molecule has 0 unspecified atom stereocenters. The topological polar surface area (TPSA) is 72.5 Å². The lowest BCUT2D eigenvalue weighted by molar-refractivity contribution is -0.118. The zero-order valence-electron chi connectivity index (χ0n) is 12.3. The molecule has 0 atom stereocenters. The van der Waals surface area contributed by atoms with Gasteiger partial charge in [0.05, 0.1) is 20.6 Å². The summed E-state index contributed by atoms with van der Waals surface area (Å²) in [5.74, 6) is -0.270. The Morgan fingerprint density at radius 1 is 1.08 bits per heavy atom. The molecule has 1 N–H and O–H groups in total. The maximum absolute atomic E-state index is 12.0. The number of nitrogens with one attached hydrogen (secondary N) is 1. The summed E-state index contributed by atoms with van der Waals surface area (Å²) in [5.41, 5.74) is 0.172. The number of rotatable bonds is 5. The fourth-order valence-corrected chi connectivity index (χ4v) is 2.89. The molecule has 2 aromatic carbocycles. The van der Waals surface area contributed by atoms with Crippen molar-refractivity contribution in [2.45, 2.75) is 4.90 Å². The van der Waals surface area contributed by atoms with E-state index < -0.39 is 15.7 Å². The van der Waals surface area contributed by atoms with Crippen molar-refractivity contribution in [3.63, 3.8) is 0 Å². The quantitative estimate of drug-likeness (QED) is 0.809. The SMILES string of the molecule is CS(=O)(=O)c1ccc(Cl)c(NC(=O)COc2cc(Cl)ccc2Cl)c1. The van der Waals surface area contributed by atoms with Crippen LogP contribution in [0.4, 0.5) is 5.69 Å². The summed E-state index contributed by atoms with van der Waals surface area (Å²) in [5, 5.41) is 3.42. The summed E-state index contributed by atoms with van der Waals surface area (Å²) in [6.45, 7) is -0.348. The van der Waals surface area contributed by atoms with E-state index in [1.807, 2.05) is 0 Å². The van der Waals surface area contributed by atoms with E-state index in [1.165, 1.54) is 24.3 Å². The van der Waals surface area contributed by atoms with Crippen LogP contribution in [0, 0.1) is 0 Å². The van der Waals surface area contributed by atoms with Gasteiger partial charge >= 0.3 is 0 Å². The Bertz CT molecular complexity index is 884. The predicted octanol–water partition coefficient (Wildman–Crippen LogP) is 4.07. The van der Waals surface area contributed by atoms with Crippen molar-refractivity contribution in [3.8, 4) is 5.75 Å². The van der Waals surface area contributed by atoms with E-state index in [4.69, 9.17) is 39.5 Å².